The van der Waals surface area contributed by atoms with Gasteiger partial charge >= 0.3 is 0 Å². The first-order valence-electron chi connectivity index (χ1n) is 5.45. The fraction of sp³-hybridized carbons (Fsp3) is 0.700. The van der Waals surface area contributed by atoms with Crippen molar-refractivity contribution in [2.24, 2.45) is 11.0 Å². The first kappa shape index (κ1) is 13.2. The first-order valence-corrected chi connectivity index (χ1v) is 5.45. The molecule has 1 saturated carbocycles. The summed E-state index contributed by atoms with van der Waals surface area (Å²) in [6, 6.07) is 0. The lowest BCUT2D eigenvalue weighted by molar-refractivity contribution is -0.137. The van der Waals surface area contributed by atoms with Gasteiger partial charge in [-0.25, -0.2) is 0 Å². The summed E-state index contributed by atoms with van der Waals surface area (Å²) in [4.78, 5) is 36.5. The van der Waals surface area contributed by atoms with Gasteiger partial charge in [0.25, 0.3) is 0 Å². The lowest BCUT2D eigenvalue weighted by Gasteiger charge is -2.19. The van der Waals surface area contributed by atoms with Crippen LogP contribution in [0.5, 0.6) is 0 Å². The average Bonchev–Trinajstić information content (AvgIpc) is 2.27. The van der Waals surface area contributed by atoms with Gasteiger partial charge in [-0.3, -0.25) is 14.4 Å². The minimum Gasteiger partial charge on any atom is -0.356 e. The zero-order chi connectivity index (χ0) is 12.7. The van der Waals surface area contributed by atoms with Crippen LogP contribution in [0.15, 0.2) is 5.11 Å². The Labute approximate surface area is 98.2 Å². The van der Waals surface area contributed by atoms with E-state index in [9.17, 15) is 14.4 Å². The Balaban J connectivity index is 2.29. The number of carbonyl (C=O) groups is 3. The predicted molar refractivity (Wildman–Crippen MR) is 59.0 cm³/mol. The SMILES string of the molecule is [N-]=[N+]=NCCCNC(=O)C1CC(=O)CC(=O)C1. The van der Waals surface area contributed by atoms with Gasteiger partial charge in [0.05, 0.1) is 12.3 Å². The van der Waals surface area contributed by atoms with Crippen LogP contribution in [0.25, 0.3) is 10.4 Å². The topological polar surface area (TPSA) is 112 Å². The van der Waals surface area contributed by atoms with Crippen molar-refractivity contribution in [3.63, 3.8) is 0 Å². The van der Waals surface area contributed by atoms with Crippen LogP contribution in [0.2, 0.25) is 0 Å². The van der Waals surface area contributed by atoms with Gasteiger partial charge in [-0.05, 0) is 12.0 Å². The van der Waals surface area contributed by atoms with E-state index >= 15 is 0 Å². The van der Waals surface area contributed by atoms with E-state index < -0.39 is 5.92 Å². The highest BCUT2D eigenvalue weighted by Gasteiger charge is 2.30. The molecule has 0 aromatic rings. The van der Waals surface area contributed by atoms with Crippen LogP contribution < -0.4 is 5.32 Å². The van der Waals surface area contributed by atoms with E-state index in [4.69, 9.17) is 5.53 Å². The maximum Gasteiger partial charge on any atom is 0.224 e. The molecule has 1 aliphatic carbocycles. The Kier molecular flexibility index (Phi) is 5.16. The molecule has 7 nitrogen and oxygen atoms in total. The summed E-state index contributed by atoms with van der Waals surface area (Å²) in [6.07, 6.45) is 0.799. The van der Waals surface area contributed by atoms with Gasteiger partial charge in [-0.1, -0.05) is 5.11 Å². The minimum absolute atomic E-state index is 0.0410. The van der Waals surface area contributed by atoms with E-state index in [1.807, 2.05) is 0 Å². The van der Waals surface area contributed by atoms with Crippen LogP contribution in [-0.4, -0.2) is 30.6 Å². The number of ketones is 2. The number of Topliss-reactive ketones (excluding diaryl/α,β-unsaturated/α-hetero) is 2. The van der Waals surface area contributed by atoms with E-state index in [0.717, 1.165) is 0 Å². The first-order chi connectivity index (χ1) is 8.13. The van der Waals surface area contributed by atoms with Gasteiger partial charge in [0, 0.05) is 30.8 Å². The molecule has 1 fully saturated rings. The summed E-state index contributed by atoms with van der Waals surface area (Å²) >= 11 is 0. The fourth-order valence-electron chi connectivity index (χ4n) is 1.72. The number of carbonyl (C=O) groups excluding carboxylic acids is 3. The highest BCUT2D eigenvalue weighted by molar-refractivity contribution is 6.05. The van der Waals surface area contributed by atoms with E-state index in [2.05, 4.69) is 15.3 Å². The molecular weight excluding hydrogens is 224 g/mol. The molecule has 0 saturated heterocycles. The van der Waals surface area contributed by atoms with Gasteiger partial charge in [-0.15, -0.1) is 0 Å². The molecule has 0 radical (unpaired) electrons. The Morgan fingerprint density at radius 2 is 2.06 bits per heavy atom. The average molecular weight is 238 g/mol. The van der Waals surface area contributed by atoms with Crippen molar-refractivity contribution in [3.8, 4) is 0 Å². The molecule has 1 amide bonds. The fourth-order valence-corrected chi connectivity index (χ4v) is 1.72. The van der Waals surface area contributed by atoms with Gasteiger partial charge in [0.2, 0.25) is 5.91 Å². The molecule has 1 N–H and O–H groups in total. The summed E-state index contributed by atoms with van der Waals surface area (Å²) in [5.74, 6) is -1.14. The van der Waals surface area contributed by atoms with Crippen molar-refractivity contribution >= 4 is 17.5 Å². The molecule has 1 aliphatic rings. The van der Waals surface area contributed by atoms with Crippen molar-refractivity contribution in [1.82, 2.24) is 5.32 Å². The molecule has 0 atom stereocenters. The van der Waals surface area contributed by atoms with Crippen LogP contribution in [0.4, 0.5) is 0 Å². The molecule has 7 heteroatoms. The standard InChI is InChI=1S/C10H14N4O3/c11-14-13-3-1-2-12-10(17)7-4-8(15)6-9(16)5-7/h7H,1-6H2,(H,12,17). The van der Waals surface area contributed by atoms with E-state index in [1.54, 1.807) is 0 Å². The number of amides is 1. The third kappa shape index (κ3) is 4.65. The summed E-state index contributed by atoms with van der Waals surface area (Å²) in [5.41, 5.74) is 8.03. The highest BCUT2D eigenvalue weighted by atomic mass is 16.2. The van der Waals surface area contributed by atoms with E-state index in [-0.39, 0.29) is 36.7 Å². The zero-order valence-corrected chi connectivity index (χ0v) is 9.39. The van der Waals surface area contributed by atoms with Crippen molar-refractivity contribution in [2.75, 3.05) is 13.1 Å². The van der Waals surface area contributed by atoms with Crippen molar-refractivity contribution in [3.05, 3.63) is 10.4 Å². The Morgan fingerprint density at radius 3 is 2.65 bits per heavy atom. The van der Waals surface area contributed by atoms with Crippen molar-refractivity contribution < 1.29 is 14.4 Å². The van der Waals surface area contributed by atoms with Crippen molar-refractivity contribution in [2.45, 2.75) is 25.7 Å². The maximum atomic E-state index is 11.6. The number of nitrogens with one attached hydrogen (secondary N) is 1. The van der Waals surface area contributed by atoms with Gasteiger partial charge in [0.15, 0.2) is 0 Å². The Hall–Kier alpha value is -1.88. The van der Waals surface area contributed by atoms with Crippen LogP contribution in [0.1, 0.15) is 25.7 Å². The quantitative estimate of drug-likeness (QED) is 0.250. The molecule has 0 aliphatic heterocycles. The highest BCUT2D eigenvalue weighted by Crippen LogP contribution is 2.18. The molecule has 0 aromatic heterocycles. The third-order valence-corrected chi connectivity index (χ3v) is 2.51. The molecule has 92 valence electrons. The van der Waals surface area contributed by atoms with E-state index in [0.29, 0.717) is 19.5 Å². The summed E-state index contributed by atoms with van der Waals surface area (Å²) in [5, 5.41) is 5.95. The summed E-state index contributed by atoms with van der Waals surface area (Å²) < 4.78 is 0. The van der Waals surface area contributed by atoms with Crippen LogP contribution in [0.3, 0.4) is 0 Å². The number of hydrogen-bond donors (Lipinski definition) is 1. The number of rotatable bonds is 5. The zero-order valence-electron chi connectivity index (χ0n) is 9.39. The summed E-state index contributed by atoms with van der Waals surface area (Å²) in [7, 11) is 0. The smallest absolute Gasteiger partial charge is 0.224 e. The minimum atomic E-state index is -0.525. The normalized spacial score (nSPS) is 16.5. The lowest BCUT2D eigenvalue weighted by Crippen LogP contribution is -2.37. The van der Waals surface area contributed by atoms with Crippen LogP contribution in [0, 0.1) is 5.92 Å². The maximum absolute atomic E-state index is 11.6. The number of azide groups is 1. The molecule has 17 heavy (non-hydrogen) atoms. The van der Waals surface area contributed by atoms with Crippen LogP contribution in [-0.2, 0) is 14.4 Å². The molecule has 0 aromatic carbocycles. The monoisotopic (exact) mass is 238 g/mol. The molecule has 0 heterocycles. The molecule has 0 unspecified atom stereocenters. The second-order valence-corrected chi connectivity index (χ2v) is 3.96. The second kappa shape index (κ2) is 6.65. The number of hydrogen-bond acceptors (Lipinski definition) is 4. The molecule has 0 spiro atoms. The second-order valence-electron chi connectivity index (χ2n) is 3.96. The lowest BCUT2D eigenvalue weighted by atomic mass is 9.87. The Bertz CT molecular complexity index is 358. The van der Waals surface area contributed by atoms with E-state index in [1.165, 1.54) is 0 Å². The summed E-state index contributed by atoms with van der Waals surface area (Å²) in [6.45, 7) is 0.704. The molecular formula is C10H14N4O3. The van der Waals surface area contributed by atoms with Gasteiger partial charge in [-0.2, -0.15) is 0 Å². The third-order valence-electron chi connectivity index (χ3n) is 2.51. The largest absolute Gasteiger partial charge is 0.356 e. The van der Waals surface area contributed by atoms with Gasteiger partial charge < -0.3 is 5.32 Å². The van der Waals surface area contributed by atoms with Crippen molar-refractivity contribution in [1.29, 1.82) is 0 Å². The predicted octanol–water partition coefficient (Wildman–Crippen LogP) is 0.741. The van der Waals surface area contributed by atoms with Crippen LogP contribution >= 0.6 is 0 Å². The van der Waals surface area contributed by atoms with Gasteiger partial charge in [0.1, 0.15) is 11.6 Å². The molecule has 0 bridgehead atoms. The Morgan fingerprint density at radius 1 is 1.41 bits per heavy atom. The number of nitrogens with zero attached hydrogens (tertiary/aromatic N) is 3. The molecule has 1 rings (SSSR count).